The first kappa shape index (κ1) is 40.0. The van der Waals surface area contributed by atoms with E-state index in [1.54, 1.807) is 0 Å². The molecule has 0 bridgehead atoms. The lowest BCUT2D eigenvalue weighted by atomic mass is 9.66. The fraction of sp³-hybridized carbons (Fsp3) is 0.0469. The van der Waals surface area contributed by atoms with Gasteiger partial charge in [-0.25, -0.2) is 15.0 Å². The summed E-state index contributed by atoms with van der Waals surface area (Å²) in [5.41, 5.74) is 18.7. The molecule has 3 heteroatoms. The van der Waals surface area contributed by atoms with Crippen molar-refractivity contribution in [1.82, 2.24) is 15.0 Å². The predicted molar refractivity (Wildman–Crippen MR) is 276 cm³/mol. The first-order valence-corrected chi connectivity index (χ1v) is 23.2. The summed E-state index contributed by atoms with van der Waals surface area (Å²) in [5, 5.41) is 0. The number of allylic oxidation sites excluding steroid dienone is 4. The van der Waals surface area contributed by atoms with E-state index in [4.69, 9.17) is 15.0 Å². The highest BCUT2D eigenvalue weighted by molar-refractivity contribution is 5.91. The summed E-state index contributed by atoms with van der Waals surface area (Å²) in [6, 6.07) is 83.3. The maximum absolute atomic E-state index is 5.27. The third kappa shape index (κ3) is 7.32. The summed E-state index contributed by atoms with van der Waals surface area (Å²) >= 11 is 0. The average molecular weight is 856 g/mol. The summed E-state index contributed by atoms with van der Waals surface area (Å²) in [4.78, 5) is 15.6. The summed E-state index contributed by atoms with van der Waals surface area (Å²) < 4.78 is 0. The van der Waals surface area contributed by atoms with Crippen molar-refractivity contribution in [1.29, 1.82) is 0 Å². The zero-order valence-corrected chi connectivity index (χ0v) is 36.9. The molecule has 2 aliphatic carbocycles. The predicted octanol–water partition coefficient (Wildman–Crippen LogP) is 16.0. The zero-order chi connectivity index (χ0) is 44.6. The Morgan fingerprint density at radius 1 is 0.299 bits per heavy atom. The average Bonchev–Trinajstić information content (AvgIpc) is 3.72. The quantitative estimate of drug-likeness (QED) is 0.145. The van der Waals surface area contributed by atoms with Crippen LogP contribution in [0.1, 0.15) is 40.7 Å². The number of aromatic nitrogens is 3. The van der Waals surface area contributed by atoms with Gasteiger partial charge in [0.1, 0.15) is 0 Å². The van der Waals surface area contributed by atoms with E-state index in [-0.39, 0.29) is 0 Å². The molecule has 1 unspecified atom stereocenters. The molecule has 0 fully saturated rings. The normalized spacial score (nSPS) is 14.8. The van der Waals surface area contributed by atoms with Crippen LogP contribution in [-0.4, -0.2) is 15.0 Å². The molecule has 0 amide bonds. The van der Waals surface area contributed by atoms with Crippen molar-refractivity contribution < 1.29 is 0 Å². The Morgan fingerprint density at radius 2 is 0.716 bits per heavy atom. The van der Waals surface area contributed by atoms with Gasteiger partial charge in [-0.05, 0) is 133 Å². The molecule has 67 heavy (non-hydrogen) atoms. The molecule has 316 valence electrons. The molecular weight excluding hydrogens is 811 g/mol. The molecule has 0 saturated carbocycles. The lowest BCUT2D eigenvalue weighted by molar-refractivity contribution is 0.769. The number of fused-ring (bicyclic) bond motifs is 3. The standard InChI is InChI=1S/C64H45N3/c1-7-21-44(22-8-1)51-37-52(45-23-9-2-10-24-45)40-55(39-51)64(56-41-53(46-25-11-3-12-26-46)38-54(42-56)47-27-13-4-14-28-47)59-34-20-19-33-57(59)58-36-35-50(43-60(58)64)63-66-61(48-29-15-5-16-30-48)65-62(67-63)49-31-17-6-18-32-49/h1-3,5-13,15-43H,4,14H2. The van der Waals surface area contributed by atoms with Crippen LogP contribution in [0, 0.1) is 0 Å². The van der Waals surface area contributed by atoms with Gasteiger partial charge in [0, 0.05) is 16.7 Å². The van der Waals surface area contributed by atoms with Crippen LogP contribution in [-0.2, 0) is 5.41 Å². The second-order valence-electron chi connectivity index (χ2n) is 17.4. The van der Waals surface area contributed by atoms with Crippen LogP contribution >= 0.6 is 0 Å². The molecule has 0 radical (unpaired) electrons. The molecule has 0 spiro atoms. The molecule has 1 heterocycles. The van der Waals surface area contributed by atoms with E-state index in [2.05, 4.69) is 212 Å². The van der Waals surface area contributed by atoms with Crippen LogP contribution in [0.5, 0.6) is 0 Å². The van der Waals surface area contributed by atoms with E-state index < -0.39 is 5.41 Å². The molecule has 0 aliphatic heterocycles. The molecule has 1 aromatic heterocycles. The van der Waals surface area contributed by atoms with Gasteiger partial charge in [-0.2, -0.15) is 0 Å². The Hall–Kier alpha value is -8.53. The van der Waals surface area contributed by atoms with Crippen LogP contribution in [0.4, 0.5) is 0 Å². The number of hydrogen-bond acceptors (Lipinski definition) is 3. The number of rotatable bonds is 9. The molecule has 2 aliphatic rings. The Morgan fingerprint density at radius 3 is 1.21 bits per heavy atom. The van der Waals surface area contributed by atoms with Gasteiger partial charge < -0.3 is 0 Å². The van der Waals surface area contributed by atoms with Crippen molar-refractivity contribution in [3.63, 3.8) is 0 Å². The number of benzene rings is 9. The van der Waals surface area contributed by atoms with E-state index in [0.29, 0.717) is 17.5 Å². The second-order valence-corrected chi connectivity index (χ2v) is 17.4. The minimum absolute atomic E-state index is 0.625. The Labute approximate surface area is 392 Å². The van der Waals surface area contributed by atoms with Crippen molar-refractivity contribution in [2.45, 2.75) is 18.3 Å². The number of hydrogen-bond donors (Lipinski definition) is 0. The Bertz CT molecular complexity index is 3370. The first-order valence-electron chi connectivity index (χ1n) is 23.2. The third-order valence-electron chi connectivity index (χ3n) is 13.4. The topological polar surface area (TPSA) is 38.7 Å². The summed E-state index contributed by atoms with van der Waals surface area (Å²) in [5.74, 6) is 1.90. The summed E-state index contributed by atoms with van der Waals surface area (Å²) in [7, 11) is 0. The molecule has 9 aromatic carbocycles. The summed E-state index contributed by atoms with van der Waals surface area (Å²) in [6.07, 6.45) is 9.07. The molecule has 12 rings (SSSR count). The molecule has 0 N–H and O–H groups in total. The monoisotopic (exact) mass is 855 g/mol. The van der Waals surface area contributed by atoms with Gasteiger partial charge in [0.25, 0.3) is 0 Å². The maximum atomic E-state index is 5.27. The van der Waals surface area contributed by atoms with Crippen molar-refractivity contribution in [2.75, 3.05) is 0 Å². The minimum atomic E-state index is -0.785. The van der Waals surface area contributed by atoms with Gasteiger partial charge in [0.05, 0.1) is 5.41 Å². The van der Waals surface area contributed by atoms with Gasteiger partial charge in [-0.1, -0.05) is 206 Å². The van der Waals surface area contributed by atoms with Gasteiger partial charge in [0.2, 0.25) is 0 Å². The smallest absolute Gasteiger partial charge is 0.164 e. The lowest BCUT2D eigenvalue weighted by Gasteiger charge is -2.36. The van der Waals surface area contributed by atoms with Gasteiger partial charge in [0.15, 0.2) is 17.5 Å². The van der Waals surface area contributed by atoms with Crippen molar-refractivity contribution in [3.8, 4) is 78.7 Å². The van der Waals surface area contributed by atoms with E-state index >= 15 is 0 Å². The number of nitrogens with zero attached hydrogens (tertiary/aromatic N) is 3. The van der Waals surface area contributed by atoms with Crippen LogP contribution in [0.2, 0.25) is 0 Å². The van der Waals surface area contributed by atoms with Crippen molar-refractivity contribution in [2.24, 2.45) is 0 Å². The molecule has 10 aromatic rings. The highest BCUT2D eigenvalue weighted by Crippen LogP contribution is 2.58. The zero-order valence-electron chi connectivity index (χ0n) is 36.9. The minimum Gasteiger partial charge on any atom is -0.208 e. The van der Waals surface area contributed by atoms with Crippen LogP contribution in [0.25, 0.3) is 84.2 Å². The molecule has 1 atom stereocenters. The Balaban J connectivity index is 1.20. The largest absolute Gasteiger partial charge is 0.208 e. The van der Waals surface area contributed by atoms with Gasteiger partial charge >= 0.3 is 0 Å². The molecular formula is C64H45N3. The van der Waals surface area contributed by atoms with Crippen molar-refractivity contribution >= 4 is 5.57 Å². The van der Waals surface area contributed by atoms with Gasteiger partial charge in [-0.3, -0.25) is 0 Å². The fourth-order valence-electron chi connectivity index (χ4n) is 10.2. The Kier molecular flexibility index (Phi) is 10.2. The van der Waals surface area contributed by atoms with E-state index in [1.807, 2.05) is 36.4 Å². The van der Waals surface area contributed by atoms with E-state index in [9.17, 15) is 0 Å². The van der Waals surface area contributed by atoms with Crippen molar-refractivity contribution in [3.05, 3.63) is 277 Å². The molecule has 3 nitrogen and oxygen atoms in total. The van der Waals surface area contributed by atoms with Crippen LogP contribution in [0.3, 0.4) is 0 Å². The molecule has 0 saturated heterocycles. The second kappa shape index (κ2) is 17.1. The van der Waals surface area contributed by atoms with E-state index in [1.165, 1.54) is 66.8 Å². The SMILES string of the molecule is C1=CC(c2cc(-c3ccccc3)cc(C3(c4cc(-c5ccccc5)cc(-c5ccccc5)c4)c4ccccc4-c4ccc(-c5nc(-c6ccccc6)nc(-c6ccccc6)n5)cc43)c2)=CCC1. The summed E-state index contributed by atoms with van der Waals surface area (Å²) in [6.45, 7) is 0. The highest BCUT2D eigenvalue weighted by atomic mass is 15.0. The lowest BCUT2D eigenvalue weighted by Crippen LogP contribution is -2.29. The van der Waals surface area contributed by atoms with Crippen LogP contribution < -0.4 is 0 Å². The third-order valence-corrected chi connectivity index (χ3v) is 13.4. The fourth-order valence-corrected chi connectivity index (χ4v) is 10.2. The van der Waals surface area contributed by atoms with Crippen LogP contribution in [0.15, 0.2) is 249 Å². The van der Waals surface area contributed by atoms with E-state index in [0.717, 1.165) is 40.7 Å². The maximum Gasteiger partial charge on any atom is 0.164 e. The van der Waals surface area contributed by atoms with Gasteiger partial charge in [-0.15, -0.1) is 0 Å². The highest BCUT2D eigenvalue weighted by Gasteiger charge is 2.47. The first-order chi connectivity index (χ1) is 33.2.